The number of ether oxygens (including phenoxy) is 1. The van der Waals surface area contributed by atoms with E-state index in [2.05, 4.69) is 4.98 Å². The number of hydrogen-bond acceptors (Lipinski definition) is 6. The number of nitro benzene ring substituents is 1. The van der Waals surface area contributed by atoms with Gasteiger partial charge in [-0.25, -0.2) is 9.78 Å². The van der Waals surface area contributed by atoms with Crippen molar-refractivity contribution in [2.24, 2.45) is 0 Å². The molecule has 0 spiro atoms. The lowest BCUT2D eigenvalue weighted by Crippen LogP contribution is -2.07. The Morgan fingerprint density at radius 1 is 1.35 bits per heavy atom. The van der Waals surface area contributed by atoms with Crippen LogP contribution in [0.1, 0.15) is 16.1 Å². The van der Waals surface area contributed by atoms with Gasteiger partial charge in [0.2, 0.25) is 0 Å². The molecule has 0 aliphatic rings. The molecule has 0 amide bonds. The topological polar surface area (TPSA) is 113 Å². The van der Waals surface area contributed by atoms with Crippen molar-refractivity contribution < 1.29 is 14.5 Å². The Balaban J connectivity index is 1.74. The van der Waals surface area contributed by atoms with Gasteiger partial charge >= 0.3 is 5.97 Å². The van der Waals surface area contributed by atoms with Gasteiger partial charge in [0.05, 0.1) is 16.2 Å². The van der Waals surface area contributed by atoms with Crippen LogP contribution >= 0.6 is 0 Å². The quantitative estimate of drug-likeness (QED) is 0.342. The highest BCUT2D eigenvalue weighted by Crippen LogP contribution is 2.22. The summed E-state index contributed by atoms with van der Waals surface area (Å²) in [5.41, 5.74) is 6.54. The maximum absolute atomic E-state index is 12.0. The monoisotopic (exact) mass is 312 g/mol. The van der Waals surface area contributed by atoms with E-state index in [1.165, 1.54) is 12.1 Å². The number of nitrogens with zero attached hydrogens (tertiary/aromatic N) is 3. The summed E-state index contributed by atoms with van der Waals surface area (Å²) in [6, 6.07) is 9.33. The molecule has 0 bridgehead atoms. The predicted octanol–water partition coefficient (Wildman–Crippen LogP) is 2.18. The molecule has 0 aliphatic carbocycles. The molecule has 2 N–H and O–H groups in total. The number of pyridine rings is 1. The van der Waals surface area contributed by atoms with Crippen molar-refractivity contribution in [1.29, 1.82) is 0 Å². The largest absolute Gasteiger partial charge is 0.456 e. The van der Waals surface area contributed by atoms with Gasteiger partial charge < -0.3 is 14.9 Å². The standard InChI is InChI=1S/C15H12N4O4/c16-12-5-4-10(7-13(12)19(21)22)15(20)23-9-11-8-18-6-2-1-3-14(18)17-11/h1-8H,9,16H2. The van der Waals surface area contributed by atoms with Crippen LogP contribution in [0.4, 0.5) is 11.4 Å². The summed E-state index contributed by atoms with van der Waals surface area (Å²) in [5, 5.41) is 10.8. The van der Waals surface area contributed by atoms with E-state index in [0.717, 1.165) is 11.7 Å². The van der Waals surface area contributed by atoms with Crippen LogP contribution in [0.15, 0.2) is 48.8 Å². The molecule has 0 saturated heterocycles. The van der Waals surface area contributed by atoms with Crippen molar-refractivity contribution in [1.82, 2.24) is 9.38 Å². The normalized spacial score (nSPS) is 10.6. The molecule has 116 valence electrons. The molecule has 1 aromatic carbocycles. The number of nitro groups is 1. The zero-order chi connectivity index (χ0) is 16.4. The zero-order valence-electron chi connectivity index (χ0n) is 11.9. The number of carbonyl (C=O) groups excluding carboxylic acids is 1. The number of nitrogen functional groups attached to an aromatic ring is 1. The second-order valence-electron chi connectivity index (χ2n) is 4.81. The van der Waals surface area contributed by atoms with Crippen molar-refractivity contribution in [3.8, 4) is 0 Å². The fraction of sp³-hybridized carbons (Fsp3) is 0.0667. The van der Waals surface area contributed by atoms with E-state index in [9.17, 15) is 14.9 Å². The lowest BCUT2D eigenvalue weighted by molar-refractivity contribution is -0.383. The first-order chi connectivity index (χ1) is 11.0. The first-order valence-corrected chi connectivity index (χ1v) is 6.68. The van der Waals surface area contributed by atoms with Gasteiger partial charge in [-0.3, -0.25) is 10.1 Å². The molecule has 3 rings (SSSR count). The molecule has 0 radical (unpaired) electrons. The van der Waals surface area contributed by atoms with Crippen molar-refractivity contribution in [2.45, 2.75) is 6.61 Å². The van der Waals surface area contributed by atoms with Crippen LogP contribution in [-0.2, 0) is 11.3 Å². The maximum atomic E-state index is 12.0. The van der Waals surface area contributed by atoms with Gasteiger partial charge in [-0.2, -0.15) is 0 Å². The Hall–Kier alpha value is -3.42. The van der Waals surface area contributed by atoms with Crippen molar-refractivity contribution in [2.75, 3.05) is 5.73 Å². The van der Waals surface area contributed by atoms with E-state index in [1.807, 2.05) is 24.4 Å². The summed E-state index contributed by atoms with van der Waals surface area (Å²) in [7, 11) is 0. The number of imidazole rings is 1. The summed E-state index contributed by atoms with van der Waals surface area (Å²) >= 11 is 0. The van der Waals surface area contributed by atoms with Gasteiger partial charge in [0, 0.05) is 18.5 Å². The van der Waals surface area contributed by atoms with Crippen LogP contribution in [0.25, 0.3) is 5.65 Å². The Morgan fingerprint density at radius 3 is 2.91 bits per heavy atom. The molecule has 0 fully saturated rings. The van der Waals surface area contributed by atoms with E-state index in [4.69, 9.17) is 10.5 Å². The van der Waals surface area contributed by atoms with Crippen LogP contribution in [0.5, 0.6) is 0 Å². The molecule has 2 heterocycles. The molecule has 0 saturated carbocycles. The second-order valence-corrected chi connectivity index (χ2v) is 4.81. The minimum absolute atomic E-state index is 0.00750. The molecule has 0 unspecified atom stereocenters. The Kier molecular flexibility index (Phi) is 3.63. The molecule has 3 aromatic rings. The van der Waals surface area contributed by atoms with Crippen molar-refractivity contribution in [3.05, 3.63) is 70.2 Å². The summed E-state index contributed by atoms with van der Waals surface area (Å²) in [6.07, 6.45) is 3.57. The molecule has 23 heavy (non-hydrogen) atoms. The van der Waals surface area contributed by atoms with Gasteiger partial charge in [-0.05, 0) is 24.3 Å². The summed E-state index contributed by atoms with van der Waals surface area (Å²) in [4.78, 5) is 26.5. The fourth-order valence-electron chi connectivity index (χ4n) is 2.11. The second kappa shape index (κ2) is 5.76. The number of fused-ring (bicyclic) bond motifs is 1. The van der Waals surface area contributed by atoms with E-state index < -0.39 is 10.9 Å². The lowest BCUT2D eigenvalue weighted by Gasteiger charge is -2.04. The molecule has 8 nitrogen and oxygen atoms in total. The zero-order valence-corrected chi connectivity index (χ0v) is 11.9. The van der Waals surface area contributed by atoms with E-state index >= 15 is 0 Å². The van der Waals surface area contributed by atoms with Gasteiger partial charge in [-0.1, -0.05) is 6.07 Å². The number of carbonyl (C=O) groups is 1. The highest BCUT2D eigenvalue weighted by atomic mass is 16.6. The van der Waals surface area contributed by atoms with Gasteiger partial charge in [0.1, 0.15) is 17.9 Å². The average molecular weight is 312 g/mol. The Bertz CT molecular complexity index is 870. The summed E-state index contributed by atoms with van der Waals surface area (Å²) in [5.74, 6) is -0.676. The fourth-order valence-corrected chi connectivity index (χ4v) is 2.11. The third-order valence-electron chi connectivity index (χ3n) is 3.23. The van der Waals surface area contributed by atoms with Gasteiger partial charge in [0.25, 0.3) is 5.69 Å². The number of hydrogen-bond donors (Lipinski definition) is 1. The highest BCUT2D eigenvalue weighted by Gasteiger charge is 2.17. The average Bonchev–Trinajstić information content (AvgIpc) is 2.95. The minimum Gasteiger partial charge on any atom is -0.456 e. The van der Waals surface area contributed by atoms with Crippen molar-refractivity contribution in [3.63, 3.8) is 0 Å². The lowest BCUT2D eigenvalue weighted by atomic mass is 10.2. The molecule has 8 heteroatoms. The summed E-state index contributed by atoms with van der Waals surface area (Å²) in [6.45, 7) is -0.0291. The Labute approximate surface area is 130 Å². The predicted molar refractivity (Wildman–Crippen MR) is 81.8 cm³/mol. The number of esters is 1. The van der Waals surface area contributed by atoms with E-state index in [-0.39, 0.29) is 23.5 Å². The number of rotatable bonds is 4. The van der Waals surface area contributed by atoms with Crippen LogP contribution in [0, 0.1) is 10.1 Å². The van der Waals surface area contributed by atoms with E-state index in [1.54, 1.807) is 10.6 Å². The highest BCUT2D eigenvalue weighted by molar-refractivity contribution is 5.91. The number of aromatic nitrogens is 2. The first kappa shape index (κ1) is 14.5. The SMILES string of the molecule is Nc1ccc(C(=O)OCc2cn3ccccc3n2)cc1[N+](=O)[O-]. The minimum atomic E-state index is -0.676. The maximum Gasteiger partial charge on any atom is 0.338 e. The Morgan fingerprint density at radius 2 is 2.17 bits per heavy atom. The van der Waals surface area contributed by atoms with Gasteiger partial charge in [0.15, 0.2) is 0 Å². The van der Waals surface area contributed by atoms with Gasteiger partial charge in [-0.15, -0.1) is 0 Å². The number of anilines is 1. The third kappa shape index (κ3) is 2.95. The third-order valence-corrected chi connectivity index (χ3v) is 3.23. The van der Waals surface area contributed by atoms with Crippen LogP contribution in [0.2, 0.25) is 0 Å². The summed E-state index contributed by atoms with van der Waals surface area (Å²) < 4.78 is 6.94. The van der Waals surface area contributed by atoms with Crippen LogP contribution in [-0.4, -0.2) is 20.3 Å². The molecule has 0 atom stereocenters. The van der Waals surface area contributed by atoms with Crippen LogP contribution in [0.3, 0.4) is 0 Å². The number of nitrogens with two attached hydrogens (primary N) is 1. The van der Waals surface area contributed by atoms with Crippen molar-refractivity contribution >= 4 is 23.0 Å². The smallest absolute Gasteiger partial charge is 0.338 e. The van der Waals surface area contributed by atoms with E-state index in [0.29, 0.717) is 5.69 Å². The molecule has 0 aliphatic heterocycles. The molecular weight excluding hydrogens is 300 g/mol. The number of benzene rings is 1. The molecular formula is C15H12N4O4. The first-order valence-electron chi connectivity index (χ1n) is 6.68. The van der Waals surface area contributed by atoms with Crippen LogP contribution < -0.4 is 5.73 Å². The molecule has 2 aromatic heterocycles.